The number of aliphatic hydroxyl groups excluding tert-OH is 2. The Kier molecular flexibility index (Phi) is 4.15. The van der Waals surface area contributed by atoms with Crippen LogP contribution in [0.2, 0.25) is 0 Å². The van der Waals surface area contributed by atoms with Crippen LogP contribution in [0.4, 0.5) is 0 Å². The number of hydrogen-bond donors (Lipinski definition) is 3. The van der Waals surface area contributed by atoms with Crippen molar-refractivity contribution in [1.29, 1.82) is 0 Å². The molecule has 0 spiro atoms. The summed E-state index contributed by atoms with van der Waals surface area (Å²) in [4.78, 5) is 0. The highest BCUT2D eigenvalue weighted by Crippen LogP contribution is 2.37. The average molecular weight is 215 g/mol. The van der Waals surface area contributed by atoms with Crippen LogP contribution in [0.15, 0.2) is 0 Å². The summed E-state index contributed by atoms with van der Waals surface area (Å²) in [5.74, 6) is 0. The van der Waals surface area contributed by atoms with E-state index in [1.54, 1.807) is 0 Å². The van der Waals surface area contributed by atoms with Crippen LogP contribution in [0.5, 0.6) is 0 Å². The Balaban J connectivity index is 2.53. The SMILES string of the molecule is CCC(CO)(CO)NC1CCC(C)(C)C1. The first-order valence-corrected chi connectivity index (χ1v) is 5.96. The highest BCUT2D eigenvalue weighted by Gasteiger charge is 2.36. The van der Waals surface area contributed by atoms with Gasteiger partial charge in [-0.15, -0.1) is 0 Å². The van der Waals surface area contributed by atoms with Gasteiger partial charge in [0.05, 0.1) is 18.8 Å². The summed E-state index contributed by atoms with van der Waals surface area (Å²) in [6.45, 7) is 6.58. The summed E-state index contributed by atoms with van der Waals surface area (Å²) in [7, 11) is 0. The van der Waals surface area contributed by atoms with Crippen LogP contribution in [0.1, 0.15) is 46.5 Å². The molecule has 0 amide bonds. The summed E-state index contributed by atoms with van der Waals surface area (Å²) in [5.41, 5.74) is -0.0762. The van der Waals surface area contributed by atoms with Crippen LogP contribution in [0.3, 0.4) is 0 Å². The van der Waals surface area contributed by atoms with Crippen molar-refractivity contribution in [3.8, 4) is 0 Å². The molecule has 0 saturated heterocycles. The molecule has 0 radical (unpaired) electrons. The van der Waals surface area contributed by atoms with Gasteiger partial charge in [0.15, 0.2) is 0 Å². The minimum atomic E-state index is -0.481. The Hall–Kier alpha value is -0.120. The predicted octanol–water partition coefficient (Wildman–Crippen LogP) is 1.29. The van der Waals surface area contributed by atoms with Crippen LogP contribution in [0, 0.1) is 5.41 Å². The molecule has 0 bridgehead atoms. The van der Waals surface area contributed by atoms with Crippen molar-refractivity contribution in [2.24, 2.45) is 5.41 Å². The molecule has 3 nitrogen and oxygen atoms in total. The zero-order valence-corrected chi connectivity index (χ0v) is 10.2. The summed E-state index contributed by atoms with van der Waals surface area (Å²) < 4.78 is 0. The van der Waals surface area contributed by atoms with Crippen LogP contribution < -0.4 is 5.32 Å². The van der Waals surface area contributed by atoms with Gasteiger partial charge in [-0.1, -0.05) is 20.8 Å². The van der Waals surface area contributed by atoms with Gasteiger partial charge in [-0.3, -0.25) is 0 Å². The quantitative estimate of drug-likeness (QED) is 0.648. The largest absolute Gasteiger partial charge is 0.394 e. The lowest BCUT2D eigenvalue weighted by Crippen LogP contribution is -2.54. The molecule has 1 aliphatic carbocycles. The molecule has 1 unspecified atom stereocenters. The predicted molar refractivity (Wildman–Crippen MR) is 61.7 cm³/mol. The van der Waals surface area contributed by atoms with Crippen LogP contribution in [0.25, 0.3) is 0 Å². The van der Waals surface area contributed by atoms with Gasteiger partial charge in [-0.25, -0.2) is 0 Å². The van der Waals surface area contributed by atoms with Gasteiger partial charge in [-0.05, 0) is 31.1 Å². The van der Waals surface area contributed by atoms with E-state index in [0.717, 1.165) is 19.3 Å². The first-order chi connectivity index (χ1) is 6.97. The first kappa shape index (κ1) is 12.9. The van der Waals surface area contributed by atoms with E-state index in [9.17, 15) is 10.2 Å². The van der Waals surface area contributed by atoms with Crippen molar-refractivity contribution >= 4 is 0 Å². The fraction of sp³-hybridized carbons (Fsp3) is 1.00. The summed E-state index contributed by atoms with van der Waals surface area (Å²) in [6, 6.07) is 0.444. The molecule has 15 heavy (non-hydrogen) atoms. The van der Waals surface area contributed by atoms with E-state index < -0.39 is 5.54 Å². The molecule has 0 aromatic heterocycles. The molecule has 1 atom stereocenters. The third-order valence-electron chi connectivity index (χ3n) is 3.76. The van der Waals surface area contributed by atoms with Gasteiger partial charge < -0.3 is 15.5 Å². The maximum absolute atomic E-state index is 9.34. The number of rotatable bonds is 5. The molecule has 1 saturated carbocycles. The zero-order chi connectivity index (χ0) is 11.5. The standard InChI is InChI=1S/C12H25NO2/c1-4-12(8-14,9-15)13-10-5-6-11(2,3)7-10/h10,13-15H,4-9H2,1-3H3. The maximum atomic E-state index is 9.34. The van der Waals surface area contributed by atoms with Crippen LogP contribution in [-0.4, -0.2) is 35.0 Å². The highest BCUT2D eigenvalue weighted by molar-refractivity contribution is 4.94. The fourth-order valence-electron chi connectivity index (χ4n) is 2.46. The highest BCUT2D eigenvalue weighted by atomic mass is 16.3. The molecule has 3 N–H and O–H groups in total. The molecule has 0 aromatic carbocycles. The Labute approximate surface area is 92.9 Å². The summed E-state index contributed by atoms with van der Waals surface area (Å²) in [5, 5.41) is 22.1. The Bertz CT molecular complexity index is 192. The van der Waals surface area contributed by atoms with Crippen LogP contribution >= 0.6 is 0 Å². The Morgan fingerprint density at radius 1 is 1.33 bits per heavy atom. The van der Waals surface area contributed by atoms with E-state index >= 15 is 0 Å². The van der Waals surface area contributed by atoms with Gasteiger partial charge in [0.25, 0.3) is 0 Å². The van der Waals surface area contributed by atoms with Gasteiger partial charge >= 0.3 is 0 Å². The van der Waals surface area contributed by atoms with Gasteiger partial charge in [0.1, 0.15) is 0 Å². The Morgan fingerprint density at radius 2 is 1.93 bits per heavy atom. The van der Waals surface area contributed by atoms with E-state index in [1.807, 2.05) is 6.92 Å². The van der Waals surface area contributed by atoms with Crippen molar-refractivity contribution in [3.63, 3.8) is 0 Å². The third kappa shape index (κ3) is 3.16. The second-order valence-electron chi connectivity index (χ2n) is 5.70. The van der Waals surface area contributed by atoms with Crippen molar-refractivity contribution in [2.45, 2.75) is 58.0 Å². The zero-order valence-electron chi connectivity index (χ0n) is 10.2. The molecule has 1 aliphatic rings. The second kappa shape index (κ2) is 4.81. The third-order valence-corrected chi connectivity index (χ3v) is 3.76. The monoisotopic (exact) mass is 215 g/mol. The van der Waals surface area contributed by atoms with E-state index in [-0.39, 0.29) is 13.2 Å². The molecular weight excluding hydrogens is 190 g/mol. The molecule has 0 aliphatic heterocycles. The normalized spacial score (nSPS) is 25.8. The molecule has 1 rings (SSSR count). The number of aliphatic hydroxyl groups is 2. The molecular formula is C12H25NO2. The average Bonchev–Trinajstić information content (AvgIpc) is 2.55. The maximum Gasteiger partial charge on any atom is 0.0647 e. The smallest absolute Gasteiger partial charge is 0.0647 e. The van der Waals surface area contributed by atoms with E-state index in [1.165, 1.54) is 6.42 Å². The second-order valence-corrected chi connectivity index (χ2v) is 5.70. The lowest BCUT2D eigenvalue weighted by molar-refractivity contribution is 0.0768. The molecule has 1 fully saturated rings. The van der Waals surface area contributed by atoms with Gasteiger partial charge in [0, 0.05) is 6.04 Å². The van der Waals surface area contributed by atoms with Crippen molar-refractivity contribution in [1.82, 2.24) is 5.32 Å². The minimum Gasteiger partial charge on any atom is -0.394 e. The summed E-state index contributed by atoms with van der Waals surface area (Å²) in [6.07, 6.45) is 4.27. The lowest BCUT2D eigenvalue weighted by atomic mass is 9.91. The van der Waals surface area contributed by atoms with Gasteiger partial charge in [-0.2, -0.15) is 0 Å². The Morgan fingerprint density at radius 3 is 2.27 bits per heavy atom. The molecule has 3 heteroatoms. The van der Waals surface area contributed by atoms with E-state index in [4.69, 9.17) is 0 Å². The van der Waals surface area contributed by atoms with Crippen molar-refractivity contribution < 1.29 is 10.2 Å². The van der Waals surface area contributed by atoms with Crippen molar-refractivity contribution in [3.05, 3.63) is 0 Å². The first-order valence-electron chi connectivity index (χ1n) is 5.96. The topological polar surface area (TPSA) is 52.5 Å². The van der Waals surface area contributed by atoms with Crippen molar-refractivity contribution in [2.75, 3.05) is 13.2 Å². The van der Waals surface area contributed by atoms with Gasteiger partial charge in [0.2, 0.25) is 0 Å². The minimum absolute atomic E-state index is 0.0108. The van der Waals surface area contributed by atoms with Crippen LogP contribution in [-0.2, 0) is 0 Å². The number of hydrogen-bond acceptors (Lipinski definition) is 3. The molecule has 90 valence electrons. The molecule has 0 heterocycles. The molecule has 0 aromatic rings. The number of nitrogens with one attached hydrogen (secondary N) is 1. The van der Waals surface area contributed by atoms with E-state index in [0.29, 0.717) is 11.5 Å². The fourth-order valence-corrected chi connectivity index (χ4v) is 2.46. The summed E-state index contributed by atoms with van der Waals surface area (Å²) >= 11 is 0. The lowest BCUT2D eigenvalue weighted by Gasteiger charge is -2.33. The van der Waals surface area contributed by atoms with E-state index in [2.05, 4.69) is 19.2 Å².